The molecule has 1 N–H and O–H groups in total. The van der Waals surface area contributed by atoms with E-state index in [1.54, 1.807) is 23.1 Å². The van der Waals surface area contributed by atoms with Gasteiger partial charge in [0, 0.05) is 12.2 Å². The lowest BCUT2D eigenvalue weighted by Gasteiger charge is -2.28. The minimum Gasteiger partial charge on any atom is -0.478 e. The van der Waals surface area contributed by atoms with Crippen LogP contribution in [0.3, 0.4) is 0 Å². The summed E-state index contributed by atoms with van der Waals surface area (Å²) in [5.74, 6) is -1.00. The van der Waals surface area contributed by atoms with Gasteiger partial charge in [0.2, 0.25) is 0 Å². The highest BCUT2D eigenvalue weighted by atomic mass is 16.6. The van der Waals surface area contributed by atoms with E-state index in [-0.39, 0.29) is 5.56 Å². The normalized spacial score (nSPS) is 11.1. The van der Waals surface area contributed by atoms with Crippen LogP contribution in [-0.2, 0) is 4.74 Å². The molecule has 0 saturated heterocycles. The zero-order valence-corrected chi connectivity index (χ0v) is 16.4. The molecule has 0 radical (unpaired) electrons. The Morgan fingerprint density at radius 2 is 1.74 bits per heavy atom. The van der Waals surface area contributed by atoms with Gasteiger partial charge in [0.15, 0.2) is 0 Å². The lowest BCUT2D eigenvalue weighted by molar-refractivity contribution is 0.0579. The average molecular weight is 369 g/mol. The van der Waals surface area contributed by atoms with Gasteiger partial charge in [-0.25, -0.2) is 9.59 Å². The van der Waals surface area contributed by atoms with E-state index >= 15 is 0 Å². The van der Waals surface area contributed by atoms with Crippen LogP contribution in [0.1, 0.15) is 50.9 Å². The van der Waals surface area contributed by atoms with E-state index in [0.29, 0.717) is 17.8 Å². The fourth-order valence-electron chi connectivity index (χ4n) is 2.70. The van der Waals surface area contributed by atoms with Crippen molar-refractivity contribution in [2.75, 3.05) is 11.4 Å². The molecule has 0 bridgehead atoms. The average Bonchev–Trinajstić information content (AvgIpc) is 2.61. The number of rotatable bonds is 6. The number of carbonyl (C=O) groups is 2. The lowest BCUT2D eigenvalue weighted by Crippen LogP contribution is -2.37. The first-order valence-electron chi connectivity index (χ1n) is 9.16. The Bertz CT molecular complexity index is 794. The van der Waals surface area contributed by atoms with Crippen LogP contribution in [0.15, 0.2) is 48.5 Å². The molecule has 0 aliphatic heterocycles. The van der Waals surface area contributed by atoms with Crippen LogP contribution in [0.4, 0.5) is 10.5 Å². The molecule has 0 aliphatic carbocycles. The number of benzene rings is 2. The van der Waals surface area contributed by atoms with Gasteiger partial charge in [0.25, 0.3) is 0 Å². The van der Waals surface area contributed by atoms with E-state index in [1.807, 2.05) is 51.1 Å². The van der Waals surface area contributed by atoms with Crippen molar-refractivity contribution < 1.29 is 19.4 Å². The summed E-state index contributed by atoms with van der Waals surface area (Å²) in [4.78, 5) is 26.0. The fraction of sp³-hybridized carbons (Fsp3) is 0.364. The Morgan fingerprint density at radius 3 is 2.30 bits per heavy atom. The predicted molar refractivity (Wildman–Crippen MR) is 107 cm³/mol. The van der Waals surface area contributed by atoms with Gasteiger partial charge in [-0.15, -0.1) is 0 Å². The van der Waals surface area contributed by atoms with Crippen molar-refractivity contribution in [1.29, 1.82) is 0 Å². The zero-order chi connectivity index (χ0) is 20.0. The zero-order valence-electron chi connectivity index (χ0n) is 16.4. The largest absolute Gasteiger partial charge is 0.478 e. The first kappa shape index (κ1) is 20.5. The number of carbonyl (C=O) groups excluding carboxylic acids is 1. The number of nitrogens with zero attached hydrogens (tertiary/aromatic N) is 1. The molecule has 0 aliphatic rings. The van der Waals surface area contributed by atoms with E-state index in [0.717, 1.165) is 18.4 Å². The summed E-state index contributed by atoms with van der Waals surface area (Å²) in [5, 5.41) is 9.55. The highest BCUT2D eigenvalue weighted by Gasteiger charge is 2.24. The third kappa shape index (κ3) is 5.58. The number of hydrogen-bond acceptors (Lipinski definition) is 3. The Morgan fingerprint density at radius 1 is 1.07 bits per heavy atom. The van der Waals surface area contributed by atoms with Gasteiger partial charge in [0.1, 0.15) is 5.60 Å². The molecule has 5 nitrogen and oxygen atoms in total. The van der Waals surface area contributed by atoms with Crippen molar-refractivity contribution in [3.05, 3.63) is 54.1 Å². The van der Waals surface area contributed by atoms with Crippen molar-refractivity contribution in [1.82, 2.24) is 0 Å². The topological polar surface area (TPSA) is 66.8 Å². The summed E-state index contributed by atoms with van der Waals surface area (Å²) < 4.78 is 5.55. The van der Waals surface area contributed by atoms with E-state index in [1.165, 1.54) is 0 Å². The molecule has 0 spiro atoms. The first-order chi connectivity index (χ1) is 12.7. The number of unbranched alkanes of at least 4 members (excludes halogenated alkanes) is 1. The van der Waals surface area contributed by atoms with Crippen molar-refractivity contribution >= 4 is 17.7 Å². The van der Waals surface area contributed by atoms with Crippen LogP contribution in [0.5, 0.6) is 0 Å². The van der Waals surface area contributed by atoms with E-state index in [4.69, 9.17) is 4.74 Å². The number of carboxylic acid groups (broad SMARTS) is 1. The van der Waals surface area contributed by atoms with Gasteiger partial charge in [-0.1, -0.05) is 43.7 Å². The second kappa shape index (κ2) is 8.71. The molecule has 1 amide bonds. The van der Waals surface area contributed by atoms with E-state index in [9.17, 15) is 14.7 Å². The lowest BCUT2D eigenvalue weighted by atomic mass is 9.98. The minimum atomic E-state index is -1.00. The molecule has 0 heterocycles. The number of anilines is 1. The summed E-state index contributed by atoms with van der Waals surface area (Å²) in [6.07, 6.45) is 1.32. The molecule has 0 saturated carbocycles. The molecule has 2 rings (SSSR count). The summed E-state index contributed by atoms with van der Waals surface area (Å²) in [7, 11) is 0. The molecule has 144 valence electrons. The van der Waals surface area contributed by atoms with Crippen molar-refractivity contribution in [2.24, 2.45) is 0 Å². The third-order valence-corrected chi connectivity index (χ3v) is 3.98. The highest BCUT2D eigenvalue weighted by molar-refractivity contribution is 5.98. The molecular weight excluding hydrogens is 342 g/mol. The van der Waals surface area contributed by atoms with Gasteiger partial charge in [-0.05, 0) is 56.5 Å². The Kier molecular flexibility index (Phi) is 6.61. The van der Waals surface area contributed by atoms with Crippen LogP contribution in [0, 0.1) is 0 Å². The molecule has 27 heavy (non-hydrogen) atoms. The van der Waals surface area contributed by atoms with Crippen LogP contribution < -0.4 is 4.90 Å². The van der Waals surface area contributed by atoms with Crippen LogP contribution >= 0.6 is 0 Å². The molecule has 0 atom stereocenters. The minimum absolute atomic E-state index is 0.199. The van der Waals surface area contributed by atoms with E-state index in [2.05, 4.69) is 6.92 Å². The standard InChI is InChI=1S/C22H27NO4/c1-5-6-14-23(21(26)27-22(2,3)4)17-12-13-18(20(24)25)19(15-17)16-10-8-7-9-11-16/h7-13,15H,5-6,14H2,1-4H3,(H,24,25). The van der Waals surface area contributed by atoms with Crippen LogP contribution in [-0.4, -0.2) is 29.3 Å². The second-order valence-electron chi connectivity index (χ2n) is 7.39. The number of amides is 1. The van der Waals surface area contributed by atoms with Crippen LogP contribution in [0.2, 0.25) is 0 Å². The van der Waals surface area contributed by atoms with Gasteiger partial charge < -0.3 is 9.84 Å². The van der Waals surface area contributed by atoms with Crippen molar-refractivity contribution in [2.45, 2.75) is 46.1 Å². The maximum absolute atomic E-state index is 12.7. The molecule has 0 unspecified atom stereocenters. The van der Waals surface area contributed by atoms with Crippen molar-refractivity contribution in [3.63, 3.8) is 0 Å². The Hall–Kier alpha value is -2.82. The molecule has 2 aromatic rings. The fourth-order valence-corrected chi connectivity index (χ4v) is 2.70. The van der Waals surface area contributed by atoms with E-state index < -0.39 is 17.7 Å². The number of ether oxygens (including phenoxy) is 1. The number of aromatic carboxylic acids is 1. The third-order valence-electron chi connectivity index (χ3n) is 3.98. The molecule has 2 aromatic carbocycles. The van der Waals surface area contributed by atoms with Gasteiger partial charge in [-0.2, -0.15) is 0 Å². The quantitative estimate of drug-likeness (QED) is 0.720. The number of hydrogen-bond donors (Lipinski definition) is 1. The Balaban J connectivity index is 2.49. The molecule has 5 heteroatoms. The highest BCUT2D eigenvalue weighted by Crippen LogP contribution is 2.30. The van der Waals surface area contributed by atoms with Crippen LogP contribution in [0.25, 0.3) is 11.1 Å². The summed E-state index contributed by atoms with van der Waals surface area (Å²) in [6, 6.07) is 14.3. The first-order valence-corrected chi connectivity index (χ1v) is 9.16. The smallest absolute Gasteiger partial charge is 0.414 e. The molecule has 0 fully saturated rings. The molecular formula is C22H27NO4. The SMILES string of the molecule is CCCCN(C(=O)OC(C)(C)C)c1ccc(C(=O)O)c(-c2ccccc2)c1. The monoisotopic (exact) mass is 369 g/mol. The second-order valence-corrected chi connectivity index (χ2v) is 7.39. The van der Waals surface area contributed by atoms with Crippen molar-refractivity contribution in [3.8, 4) is 11.1 Å². The molecule has 0 aromatic heterocycles. The maximum Gasteiger partial charge on any atom is 0.414 e. The van der Waals surface area contributed by atoms with Gasteiger partial charge in [0.05, 0.1) is 5.56 Å². The van der Waals surface area contributed by atoms with Gasteiger partial charge in [-0.3, -0.25) is 4.90 Å². The predicted octanol–water partition coefficient (Wildman–Crippen LogP) is 5.59. The summed E-state index contributed by atoms with van der Waals surface area (Å²) >= 11 is 0. The Labute approximate surface area is 160 Å². The van der Waals surface area contributed by atoms with Gasteiger partial charge >= 0.3 is 12.1 Å². The summed E-state index contributed by atoms with van der Waals surface area (Å²) in [6.45, 7) is 8.03. The number of carboxylic acids is 1. The maximum atomic E-state index is 12.7. The summed E-state index contributed by atoms with van der Waals surface area (Å²) in [5.41, 5.74) is 1.58.